The molecule has 0 amide bonds. The summed E-state index contributed by atoms with van der Waals surface area (Å²) in [5.41, 5.74) is -0.0525. The van der Waals surface area contributed by atoms with Gasteiger partial charge >= 0.3 is 17.9 Å². The molecule has 6 aromatic rings. The summed E-state index contributed by atoms with van der Waals surface area (Å²) in [6.07, 6.45) is 3.15. The van der Waals surface area contributed by atoms with Crippen molar-refractivity contribution in [1.29, 1.82) is 0 Å². The van der Waals surface area contributed by atoms with Crippen molar-refractivity contribution < 1.29 is 58.5 Å². The van der Waals surface area contributed by atoms with Crippen molar-refractivity contribution >= 4 is 39.5 Å². The predicted molar refractivity (Wildman–Crippen MR) is 261 cm³/mol. The van der Waals surface area contributed by atoms with E-state index < -0.39 is 33.8 Å². The van der Waals surface area contributed by atoms with Crippen molar-refractivity contribution in [3.63, 3.8) is 0 Å². The zero-order valence-electron chi connectivity index (χ0n) is 40.8. The highest BCUT2D eigenvalue weighted by Gasteiger charge is 2.29. The summed E-state index contributed by atoms with van der Waals surface area (Å²) in [4.78, 5) is 35.0. The van der Waals surface area contributed by atoms with E-state index in [4.69, 9.17) is 29.5 Å². The van der Waals surface area contributed by atoms with Gasteiger partial charge in [-0.15, -0.1) is 0 Å². The second-order valence-electron chi connectivity index (χ2n) is 18.8. The number of rotatable bonds is 11. The van der Waals surface area contributed by atoms with Gasteiger partial charge in [0.05, 0.1) is 16.2 Å². The molecule has 0 heterocycles. The van der Waals surface area contributed by atoms with Gasteiger partial charge in [0.25, 0.3) is 0 Å². The largest absolute Gasteiger partial charge is 0.508 e. The molecule has 0 saturated heterocycles. The van der Waals surface area contributed by atoms with Gasteiger partial charge in [0, 0.05) is 12.1 Å². The van der Waals surface area contributed by atoms with Gasteiger partial charge < -0.3 is 39.7 Å². The second kappa shape index (κ2) is 23.1. The topological polar surface area (TPSA) is 180 Å². The summed E-state index contributed by atoms with van der Waals surface area (Å²) in [6.45, 7) is 23.3. The van der Waals surface area contributed by atoms with Crippen molar-refractivity contribution in [2.45, 2.75) is 114 Å². The van der Waals surface area contributed by atoms with Crippen molar-refractivity contribution in [2.24, 2.45) is 16.2 Å². The fourth-order valence-electron chi connectivity index (χ4n) is 5.41. The molecule has 0 unspecified atom stereocenters. The van der Waals surface area contributed by atoms with Crippen LogP contribution in [0.15, 0.2) is 109 Å². The van der Waals surface area contributed by atoms with E-state index in [9.17, 15) is 29.0 Å². The fourth-order valence-corrected chi connectivity index (χ4v) is 5.41. The van der Waals surface area contributed by atoms with E-state index >= 15 is 0 Å². The lowest BCUT2D eigenvalue weighted by Crippen LogP contribution is -2.28. The number of carbonyl (C=O) groups excluding carboxylic acids is 3. The van der Waals surface area contributed by atoms with Crippen LogP contribution in [-0.4, -0.2) is 43.4 Å². The molecule has 0 atom stereocenters. The zero-order chi connectivity index (χ0) is 50.5. The van der Waals surface area contributed by atoms with Crippen LogP contribution in [0.25, 0.3) is 21.5 Å². The minimum Gasteiger partial charge on any atom is -0.508 e. The van der Waals surface area contributed by atoms with Gasteiger partial charge in [-0.2, -0.15) is 0 Å². The molecular formula is C55H67FO11. The van der Waals surface area contributed by atoms with E-state index in [1.807, 2.05) is 46.8 Å². The van der Waals surface area contributed by atoms with Gasteiger partial charge in [-0.05, 0) is 173 Å². The van der Waals surface area contributed by atoms with Gasteiger partial charge in [0.15, 0.2) is 23.1 Å². The molecule has 6 rings (SSSR count). The minimum absolute atomic E-state index is 0.0989. The number of halogens is 1. The highest BCUT2D eigenvalue weighted by Crippen LogP contribution is 2.34. The molecule has 67 heavy (non-hydrogen) atoms. The van der Waals surface area contributed by atoms with E-state index in [-0.39, 0.29) is 46.1 Å². The monoisotopic (exact) mass is 922 g/mol. The second-order valence-corrected chi connectivity index (χ2v) is 18.8. The van der Waals surface area contributed by atoms with Crippen molar-refractivity contribution in [1.82, 2.24) is 0 Å². The van der Waals surface area contributed by atoms with E-state index in [1.165, 1.54) is 58.1 Å². The van der Waals surface area contributed by atoms with Crippen LogP contribution in [0.5, 0.6) is 46.0 Å². The standard InChI is InChI=1S/C19H20O.C12H15FO3.C12H16O4.C12H16O3/c1-4-19(2,3)17-7-5-13-10-16-12-18(20)8-6-14(16)9-15(13)11-17;1-4-12(2,3)11(15)16-8-5-6-10(14)9(13)7-8;1-4-12(2,3)11(15)16-8-5-6-9(13)10(14)7-8;1-4-12(2,3)11(14)15-10-7-5-9(13)6-8-10/h5-12,20H,4H2,1-3H3;5-7,14H,4H2,1-3H3;5-7,13-14H,4H2,1-3H3;5-8,13H,4H2,1-3H3. The first-order valence-electron chi connectivity index (χ1n) is 22.3. The molecule has 0 aliphatic rings. The molecule has 0 aromatic heterocycles. The first-order valence-corrected chi connectivity index (χ1v) is 22.3. The predicted octanol–water partition coefficient (Wildman–Crippen LogP) is 13.4. The van der Waals surface area contributed by atoms with Crippen LogP contribution in [0, 0.1) is 22.1 Å². The third-order valence-corrected chi connectivity index (χ3v) is 12.1. The fraction of sp³-hybridized carbons (Fsp3) is 0.364. The first kappa shape index (κ1) is 54.5. The Balaban J connectivity index is 0.000000239. The molecule has 12 heteroatoms. The smallest absolute Gasteiger partial charge is 0.316 e. The summed E-state index contributed by atoms with van der Waals surface area (Å²) in [6, 6.07) is 30.1. The molecule has 0 fully saturated rings. The average molecular weight is 923 g/mol. The highest BCUT2D eigenvalue weighted by atomic mass is 19.1. The van der Waals surface area contributed by atoms with Crippen LogP contribution in [0.2, 0.25) is 0 Å². The number of carbonyl (C=O) groups is 3. The quantitative estimate of drug-likeness (QED) is 0.0361. The third kappa shape index (κ3) is 15.7. The lowest BCUT2D eigenvalue weighted by Gasteiger charge is -2.23. The van der Waals surface area contributed by atoms with Gasteiger partial charge in [-0.1, -0.05) is 65.8 Å². The molecule has 0 aliphatic carbocycles. The molecule has 11 nitrogen and oxygen atoms in total. The number of phenols is 5. The molecule has 5 N–H and O–H groups in total. The van der Waals surface area contributed by atoms with E-state index in [2.05, 4.69) is 51.1 Å². The third-order valence-electron chi connectivity index (χ3n) is 12.1. The van der Waals surface area contributed by atoms with Gasteiger partial charge in [-0.3, -0.25) is 14.4 Å². The Labute approximate surface area is 393 Å². The van der Waals surface area contributed by atoms with Crippen LogP contribution in [0.4, 0.5) is 4.39 Å². The number of aromatic hydroxyl groups is 5. The number of ether oxygens (including phenoxy) is 3. The molecular weight excluding hydrogens is 856 g/mol. The van der Waals surface area contributed by atoms with E-state index in [0.29, 0.717) is 24.3 Å². The average Bonchev–Trinajstić information content (AvgIpc) is 3.29. The van der Waals surface area contributed by atoms with Crippen molar-refractivity contribution in [3.8, 4) is 46.0 Å². The molecule has 0 radical (unpaired) electrons. The van der Waals surface area contributed by atoms with Gasteiger partial charge in [0.2, 0.25) is 0 Å². The normalized spacial score (nSPS) is 11.5. The Morgan fingerprint density at radius 1 is 0.418 bits per heavy atom. The summed E-state index contributed by atoms with van der Waals surface area (Å²) in [5, 5.41) is 50.7. The highest BCUT2D eigenvalue weighted by molar-refractivity contribution is 5.99. The molecule has 0 bridgehead atoms. The molecule has 6 aromatic carbocycles. The summed E-state index contributed by atoms with van der Waals surface area (Å²) < 4.78 is 28.3. The van der Waals surface area contributed by atoms with E-state index in [1.54, 1.807) is 45.9 Å². The number of phenolic OH excluding ortho intramolecular Hbond substituents is 5. The Kier molecular flexibility index (Phi) is 18.8. The summed E-state index contributed by atoms with van der Waals surface area (Å²) in [7, 11) is 0. The SMILES string of the molecule is CCC(C)(C)C(=O)Oc1ccc(O)c(F)c1.CCC(C)(C)C(=O)Oc1ccc(O)c(O)c1.CCC(C)(C)C(=O)Oc1ccc(O)cc1.CCC(C)(C)c1ccc2cc3cc(O)ccc3cc2c1. The zero-order valence-corrected chi connectivity index (χ0v) is 40.8. The Hall–Kier alpha value is -6.82. The van der Waals surface area contributed by atoms with Crippen LogP contribution in [-0.2, 0) is 19.8 Å². The maximum Gasteiger partial charge on any atom is 0.316 e. The first-order chi connectivity index (χ1) is 31.2. The number of hydrogen-bond donors (Lipinski definition) is 5. The molecule has 0 aliphatic heterocycles. The maximum absolute atomic E-state index is 13.0. The van der Waals surface area contributed by atoms with Crippen LogP contribution < -0.4 is 14.2 Å². The van der Waals surface area contributed by atoms with Crippen LogP contribution in [0.3, 0.4) is 0 Å². The van der Waals surface area contributed by atoms with Crippen molar-refractivity contribution in [2.75, 3.05) is 0 Å². The summed E-state index contributed by atoms with van der Waals surface area (Å²) >= 11 is 0. The lowest BCUT2D eigenvalue weighted by atomic mass is 9.81. The Bertz CT molecular complexity index is 2550. The van der Waals surface area contributed by atoms with E-state index in [0.717, 1.165) is 30.4 Å². The molecule has 0 spiro atoms. The summed E-state index contributed by atoms with van der Waals surface area (Å²) in [5.74, 6) is -1.59. The van der Waals surface area contributed by atoms with Crippen LogP contribution in [0.1, 0.15) is 114 Å². The van der Waals surface area contributed by atoms with Crippen LogP contribution >= 0.6 is 0 Å². The van der Waals surface area contributed by atoms with Gasteiger partial charge in [-0.25, -0.2) is 4.39 Å². The molecule has 0 saturated carbocycles. The van der Waals surface area contributed by atoms with Crippen molar-refractivity contribution in [3.05, 3.63) is 121 Å². The molecule has 360 valence electrons. The lowest BCUT2D eigenvalue weighted by molar-refractivity contribution is -0.144. The number of esters is 3. The maximum atomic E-state index is 13.0. The minimum atomic E-state index is -0.806. The number of hydrogen-bond acceptors (Lipinski definition) is 11. The number of benzene rings is 6. The number of fused-ring (bicyclic) bond motifs is 2. The Morgan fingerprint density at radius 3 is 1.27 bits per heavy atom. The Morgan fingerprint density at radius 2 is 0.821 bits per heavy atom. The van der Waals surface area contributed by atoms with Gasteiger partial charge in [0.1, 0.15) is 28.7 Å².